The molecule has 1 atom stereocenters. The molecular formula is C25H23N3O4S. The van der Waals surface area contributed by atoms with Gasteiger partial charge < -0.3 is 19.0 Å². The number of thiazole rings is 1. The minimum Gasteiger partial charge on any atom is -0.481 e. The molecule has 1 aliphatic heterocycles. The van der Waals surface area contributed by atoms with E-state index in [0.717, 1.165) is 20.8 Å². The Bertz CT molecular complexity index is 1230. The molecule has 0 unspecified atom stereocenters. The van der Waals surface area contributed by atoms with Crippen LogP contribution in [0, 0.1) is 0 Å². The number of benzene rings is 2. The van der Waals surface area contributed by atoms with Crippen LogP contribution in [0.5, 0.6) is 5.75 Å². The third kappa shape index (κ3) is 4.47. The van der Waals surface area contributed by atoms with E-state index in [9.17, 15) is 9.59 Å². The molecule has 8 heteroatoms. The topological polar surface area (TPSA) is 75.9 Å². The minimum atomic E-state index is -0.620. The Morgan fingerprint density at radius 2 is 1.70 bits per heavy atom. The maximum absolute atomic E-state index is 12.9. The van der Waals surface area contributed by atoms with Crippen molar-refractivity contribution in [3.05, 3.63) is 72.7 Å². The van der Waals surface area contributed by atoms with Gasteiger partial charge in [-0.05, 0) is 55.5 Å². The average Bonchev–Trinajstić information content (AvgIpc) is 3.54. The summed E-state index contributed by atoms with van der Waals surface area (Å²) < 4.78 is 12.2. The van der Waals surface area contributed by atoms with Crippen molar-refractivity contribution in [2.45, 2.75) is 13.0 Å². The molecule has 2 amide bonds. The minimum absolute atomic E-state index is 0.0876. The van der Waals surface area contributed by atoms with Crippen LogP contribution in [0.1, 0.15) is 17.5 Å². The highest BCUT2D eigenvalue weighted by Crippen LogP contribution is 2.31. The third-order valence-electron chi connectivity index (χ3n) is 5.67. The zero-order valence-electron chi connectivity index (χ0n) is 18.1. The number of carbonyl (C=O) groups excluding carboxylic acids is 2. The van der Waals surface area contributed by atoms with Crippen molar-refractivity contribution in [1.82, 2.24) is 14.8 Å². The number of piperazine rings is 1. The lowest BCUT2D eigenvalue weighted by molar-refractivity contribution is -0.139. The van der Waals surface area contributed by atoms with Crippen LogP contribution in [0.25, 0.3) is 20.8 Å². The Balaban J connectivity index is 1.17. The van der Waals surface area contributed by atoms with E-state index < -0.39 is 6.10 Å². The Kier molecular flexibility index (Phi) is 5.83. The molecule has 0 radical (unpaired) electrons. The first kappa shape index (κ1) is 21.2. The number of furan rings is 1. The predicted octanol–water partition coefficient (Wildman–Crippen LogP) is 4.31. The highest BCUT2D eigenvalue weighted by Gasteiger charge is 2.29. The van der Waals surface area contributed by atoms with Crippen LogP contribution < -0.4 is 4.74 Å². The second kappa shape index (κ2) is 9.07. The summed E-state index contributed by atoms with van der Waals surface area (Å²) >= 11 is 1.65. The molecule has 0 bridgehead atoms. The maximum atomic E-state index is 12.9. The second-order valence-corrected chi connectivity index (χ2v) is 8.90. The van der Waals surface area contributed by atoms with Gasteiger partial charge in [-0.25, -0.2) is 4.98 Å². The number of amides is 2. The summed E-state index contributed by atoms with van der Waals surface area (Å²) in [4.78, 5) is 33.4. The van der Waals surface area contributed by atoms with Crippen molar-refractivity contribution in [2.24, 2.45) is 0 Å². The lowest BCUT2D eigenvalue weighted by Gasteiger charge is -2.35. The van der Waals surface area contributed by atoms with E-state index in [2.05, 4.69) is 11.1 Å². The SMILES string of the molecule is C[C@@H](Oc1ccc(-c2nc3ccccc3s2)cc1)C(=O)N1CCN(C(=O)c2ccco2)CC1. The molecule has 5 rings (SSSR count). The first-order valence-electron chi connectivity index (χ1n) is 10.8. The number of hydrogen-bond acceptors (Lipinski definition) is 6. The zero-order chi connectivity index (χ0) is 22.8. The summed E-state index contributed by atoms with van der Waals surface area (Å²) in [7, 11) is 0. The Hall–Kier alpha value is -3.65. The zero-order valence-corrected chi connectivity index (χ0v) is 19.0. The molecule has 2 aromatic carbocycles. The van der Waals surface area contributed by atoms with Crippen molar-refractivity contribution < 1.29 is 18.7 Å². The quantitative estimate of drug-likeness (QED) is 0.443. The van der Waals surface area contributed by atoms with Crippen LogP contribution >= 0.6 is 11.3 Å². The van der Waals surface area contributed by atoms with Gasteiger partial charge in [0.15, 0.2) is 11.9 Å². The number of nitrogens with zero attached hydrogens (tertiary/aromatic N) is 3. The number of carbonyl (C=O) groups is 2. The summed E-state index contributed by atoms with van der Waals surface area (Å²) in [5.41, 5.74) is 2.00. The molecule has 168 valence electrons. The van der Waals surface area contributed by atoms with Crippen LogP contribution in [0.4, 0.5) is 0 Å². The van der Waals surface area contributed by atoms with Crippen molar-refractivity contribution in [1.29, 1.82) is 0 Å². The number of fused-ring (bicyclic) bond motifs is 1. The van der Waals surface area contributed by atoms with E-state index >= 15 is 0 Å². The van der Waals surface area contributed by atoms with Crippen LogP contribution in [0.15, 0.2) is 71.3 Å². The summed E-state index contributed by atoms with van der Waals surface area (Å²) in [6.07, 6.45) is 0.864. The summed E-state index contributed by atoms with van der Waals surface area (Å²) in [6, 6.07) is 19.1. The van der Waals surface area contributed by atoms with Gasteiger partial charge in [0.25, 0.3) is 11.8 Å². The van der Waals surface area contributed by atoms with Gasteiger partial charge in [0, 0.05) is 31.7 Å². The highest BCUT2D eigenvalue weighted by molar-refractivity contribution is 7.21. The van der Waals surface area contributed by atoms with E-state index in [-0.39, 0.29) is 11.8 Å². The third-order valence-corrected chi connectivity index (χ3v) is 6.75. The van der Waals surface area contributed by atoms with Gasteiger partial charge in [-0.15, -0.1) is 11.3 Å². The fourth-order valence-electron chi connectivity index (χ4n) is 3.87. The first-order valence-corrected chi connectivity index (χ1v) is 11.6. The molecule has 0 saturated carbocycles. The molecule has 2 aromatic heterocycles. The van der Waals surface area contributed by atoms with Gasteiger partial charge in [0.2, 0.25) is 0 Å². The average molecular weight is 462 g/mol. The standard InChI is InChI=1S/C25H23N3O4S/c1-17(24(29)27-12-14-28(15-13-27)25(30)21-6-4-16-31-21)32-19-10-8-18(9-11-19)23-26-20-5-2-3-7-22(20)33-23/h2-11,16-17H,12-15H2,1H3/t17-/m1/s1. The molecule has 33 heavy (non-hydrogen) atoms. The summed E-state index contributed by atoms with van der Waals surface area (Å²) in [5, 5.41) is 0.953. The van der Waals surface area contributed by atoms with E-state index in [1.54, 1.807) is 40.2 Å². The molecular weight excluding hydrogens is 438 g/mol. The fourth-order valence-corrected chi connectivity index (χ4v) is 4.84. The Morgan fingerprint density at radius 1 is 0.970 bits per heavy atom. The van der Waals surface area contributed by atoms with E-state index in [1.807, 2.05) is 42.5 Å². The maximum Gasteiger partial charge on any atom is 0.289 e. The molecule has 3 heterocycles. The van der Waals surface area contributed by atoms with Crippen molar-refractivity contribution in [3.8, 4) is 16.3 Å². The smallest absolute Gasteiger partial charge is 0.289 e. The second-order valence-electron chi connectivity index (χ2n) is 7.87. The normalized spacial score (nSPS) is 14.9. The van der Waals surface area contributed by atoms with Crippen molar-refractivity contribution in [2.75, 3.05) is 26.2 Å². The van der Waals surface area contributed by atoms with Crippen LogP contribution in [-0.4, -0.2) is 58.9 Å². The van der Waals surface area contributed by atoms with Crippen molar-refractivity contribution in [3.63, 3.8) is 0 Å². The number of hydrogen-bond donors (Lipinski definition) is 0. The lowest BCUT2D eigenvalue weighted by atomic mass is 10.2. The van der Waals surface area contributed by atoms with Gasteiger partial charge in [0.1, 0.15) is 10.8 Å². The van der Waals surface area contributed by atoms with E-state index in [4.69, 9.17) is 9.15 Å². The number of para-hydroxylation sites is 1. The van der Waals surface area contributed by atoms with Gasteiger partial charge >= 0.3 is 0 Å². The molecule has 0 aliphatic carbocycles. The van der Waals surface area contributed by atoms with Crippen LogP contribution in [0.3, 0.4) is 0 Å². The highest BCUT2D eigenvalue weighted by atomic mass is 32.1. The van der Waals surface area contributed by atoms with Gasteiger partial charge in [0.05, 0.1) is 16.5 Å². The number of ether oxygens (including phenoxy) is 1. The monoisotopic (exact) mass is 461 g/mol. The van der Waals surface area contributed by atoms with E-state index in [0.29, 0.717) is 37.7 Å². The van der Waals surface area contributed by atoms with Crippen molar-refractivity contribution >= 4 is 33.4 Å². The molecule has 1 aliphatic rings. The molecule has 0 N–H and O–H groups in total. The largest absolute Gasteiger partial charge is 0.481 e. The van der Waals surface area contributed by atoms with Crippen LogP contribution in [-0.2, 0) is 4.79 Å². The Labute approximate surface area is 195 Å². The number of rotatable bonds is 5. The summed E-state index contributed by atoms with van der Waals surface area (Å²) in [6.45, 7) is 3.62. The number of aromatic nitrogens is 1. The predicted molar refractivity (Wildman–Crippen MR) is 126 cm³/mol. The molecule has 1 saturated heterocycles. The van der Waals surface area contributed by atoms with Gasteiger partial charge in [-0.2, -0.15) is 0 Å². The molecule has 4 aromatic rings. The molecule has 7 nitrogen and oxygen atoms in total. The lowest BCUT2D eigenvalue weighted by Crippen LogP contribution is -2.53. The van der Waals surface area contributed by atoms with E-state index in [1.165, 1.54) is 6.26 Å². The fraction of sp³-hybridized carbons (Fsp3) is 0.240. The molecule has 1 fully saturated rings. The van der Waals surface area contributed by atoms with Gasteiger partial charge in [-0.1, -0.05) is 12.1 Å². The summed E-state index contributed by atoms with van der Waals surface area (Å²) in [5.74, 6) is 0.716. The first-order chi connectivity index (χ1) is 16.1. The van der Waals surface area contributed by atoms with Gasteiger partial charge in [-0.3, -0.25) is 9.59 Å². The molecule has 0 spiro atoms. The van der Waals surface area contributed by atoms with Crippen LogP contribution in [0.2, 0.25) is 0 Å². The Morgan fingerprint density at radius 3 is 2.39 bits per heavy atom.